The molecule has 0 unspecified atom stereocenters. The number of rotatable bonds is 6. The molecule has 1 aromatic carbocycles. The van der Waals surface area contributed by atoms with Gasteiger partial charge in [-0.2, -0.15) is 0 Å². The van der Waals surface area contributed by atoms with Gasteiger partial charge in [-0.25, -0.2) is 0 Å². The van der Waals surface area contributed by atoms with Gasteiger partial charge in [0.2, 0.25) is 11.8 Å². The number of nitro groups is 1. The van der Waals surface area contributed by atoms with E-state index in [1.54, 1.807) is 0 Å². The van der Waals surface area contributed by atoms with E-state index in [1.807, 2.05) is 0 Å². The van der Waals surface area contributed by atoms with Gasteiger partial charge in [0.15, 0.2) is 0 Å². The molecule has 0 atom stereocenters. The fourth-order valence-corrected chi connectivity index (χ4v) is 2.30. The van der Waals surface area contributed by atoms with Gasteiger partial charge in [-0.15, -0.1) is 10.2 Å². The zero-order valence-electron chi connectivity index (χ0n) is 10.7. The van der Waals surface area contributed by atoms with Gasteiger partial charge in [0.05, 0.1) is 11.5 Å². The maximum Gasteiger partial charge on any atom is 0.276 e. The van der Waals surface area contributed by atoms with Gasteiger partial charge in [-0.05, 0) is 6.07 Å². The van der Waals surface area contributed by atoms with Crippen LogP contribution >= 0.6 is 11.8 Å². The first-order chi connectivity index (χ1) is 10.0. The summed E-state index contributed by atoms with van der Waals surface area (Å²) in [4.78, 5) is 21.5. The lowest BCUT2D eigenvalue weighted by molar-refractivity contribution is -0.385. The van der Waals surface area contributed by atoms with Crippen LogP contribution in [0.5, 0.6) is 0 Å². The molecule has 4 N–H and O–H groups in total. The van der Waals surface area contributed by atoms with E-state index in [4.69, 9.17) is 15.9 Å². The van der Waals surface area contributed by atoms with Gasteiger partial charge in [-0.1, -0.05) is 17.8 Å². The van der Waals surface area contributed by atoms with Crippen molar-refractivity contribution in [3.05, 3.63) is 45.3 Å². The highest BCUT2D eigenvalue weighted by atomic mass is 32.2. The normalized spacial score (nSPS) is 10.5. The first-order valence-corrected chi connectivity index (χ1v) is 6.72. The van der Waals surface area contributed by atoms with Crippen LogP contribution in [-0.2, 0) is 12.3 Å². The third-order valence-corrected chi connectivity index (χ3v) is 3.41. The fraction of sp³-hybridized carbons (Fsp3) is 0.182. The highest BCUT2D eigenvalue weighted by Gasteiger charge is 2.17. The number of amides is 1. The van der Waals surface area contributed by atoms with Crippen LogP contribution in [0.2, 0.25) is 0 Å². The lowest BCUT2D eigenvalue weighted by Crippen LogP contribution is -2.11. The quantitative estimate of drug-likeness (QED) is 0.452. The van der Waals surface area contributed by atoms with Crippen LogP contribution in [0, 0.1) is 10.1 Å². The summed E-state index contributed by atoms with van der Waals surface area (Å²) < 4.78 is 5.19. The van der Waals surface area contributed by atoms with Crippen molar-refractivity contribution in [3.63, 3.8) is 0 Å². The number of nitro benzene ring substituents is 1. The summed E-state index contributed by atoms with van der Waals surface area (Å²) in [7, 11) is 0. The van der Waals surface area contributed by atoms with E-state index in [9.17, 15) is 14.9 Å². The number of carbonyl (C=O) groups excluding carboxylic acids is 1. The molecule has 1 aromatic heterocycles. The van der Waals surface area contributed by atoms with Gasteiger partial charge >= 0.3 is 0 Å². The highest BCUT2D eigenvalue weighted by molar-refractivity contribution is 7.98. The van der Waals surface area contributed by atoms with Crippen molar-refractivity contribution in [1.82, 2.24) is 10.2 Å². The average molecular weight is 309 g/mol. The molecule has 0 saturated heterocycles. The zero-order valence-corrected chi connectivity index (χ0v) is 11.5. The second-order valence-electron chi connectivity index (χ2n) is 3.92. The second-order valence-corrected chi connectivity index (χ2v) is 4.85. The molecule has 0 aliphatic carbocycles. The fourth-order valence-electron chi connectivity index (χ4n) is 1.53. The maximum absolute atomic E-state index is 11.1. The van der Waals surface area contributed by atoms with E-state index >= 15 is 0 Å². The predicted octanol–water partition coefficient (Wildman–Crippen LogP) is 0.828. The minimum absolute atomic E-state index is 0.0821. The summed E-state index contributed by atoms with van der Waals surface area (Å²) in [5.41, 5.74) is 10.8. The third kappa shape index (κ3) is 3.55. The molecule has 0 radical (unpaired) electrons. The summed E-state index contributed by atoms with van der Waals surface area (Å²) in [6.45, 7) is 0.126. The second kappa shape index (κ2) is 6.33. The summed E-state index contributed by atoms with van der Waals surface area (Å²) in [5, 5.41) is 18.7. The van der Waals surface area contributed by atoms with Crippen molar-refractivity contribution in [2.75, 3.05) is 0 Å². The van der Waals surface area contributed by atoms with Gasteiger partial charge in [0.25, 0.3) is 10.9 Å². The largest absolute Gasteiger partial charge is 0.415 e. The van der Waals surface area contributed by atoms with Crippen molar-refractivity contribution < 1.29 is 14.1 Å². The van der Waals surface area contributed by atoms with Gasteiger partial charge in [0, 0.05) is 22.9 Å². The average Bonchev–Trinajstić information content (AvgIpc) is 2.92. The molecule has 110 valence electrons. The molecule has 0 bridgehead atoms. The van der Waals surface area contributed by atoms with E-state index in [0.717, 1.165) is 17.8 Å². The molecule has 2 aromatic rings. The van der Waals surface area contributed by atoms with Crippen molar-refractivity contribution in [2.24, 2.45) is 11.5 Å². The van der Waals surface area contributed by atoms with Crippen LogP contribution in [0.3, 0.4) is 0 Å². The van der Waals surface area contributed by atoms with Crippen LogP contribution in [0.1, 0.15) is 21.8 Å². The van der Waals surface area contributed by atoms with E-state index in [-0.39, 0.29) is 34.7 Å². The Labute approximate surface area is 122 Å². The summed E-state index contributed by atoms with van der Waals surface area (Å²) in [6, 6.07) is 4.06. The van der Waals surface area contributed by atoms with Crippen LogP contribution < -0.4 is 11.5 Å². The standard InChI is InChI=1S/C11H11N5O4S/c12-4-9-14-15-11(20-9)21-5-7-2-1-6(10(13)17)3-8(7)16(18)19/h1-3H,4-5,12H2,(H2,13,17). The lowest BCUT2D eigenvalue weighted by atomic mass is 10.1. The molecule has 21 heavy (non-hydrogen) atoms. The summed E-state index contributed by atoms with van der Waals surface area (Å²) in [6.07, 6.45) is 0. The smallest absolute Gasteiger partial charge is 0.276 e. The maximum atomic E-state index is 11.1. The molecular formula is C11H11N5O4S. The van der Waals surface area contributed by atoms with Gasteiger partial charge < -0.3 is 15.9 Å². The van der Waals surface area contributed by atoms with E-state index in [1.165, 1.54) is 12.1 Å². The van der Waals surface area contributed by atoms with Crippen molar-refractivity contribution in [2.45, 2.75) is 17.5 Å². The number of carbonyl (C=O) groups is 1. The van der Waals surface area contributed by atoms with Crippen LogP contribution in [0.15, 0.2) is 27.8 Å². The molecule has 0 fully saturated rings. The first kappa shape index (κ1) is 14.9. The number of hydrogen-bond acceptors (Lipinski definition) is 8. The molecule has 0 aliphatic rings. The molecule has 9 nitrogen and oxygen atoms in total. The minimum atomic E-state index is -0.721. The van der Waals surface area contributed by atoms with Crippen LogP contribution in [-0.4, -0.2) is 21.0 Å². The Hall–Kier alpha value is -2.46. The number of nitrogens with two attached hydrogens (primary N) is 2. The Bertz CT molecular complexity index is 687. The van der Waals surface area contributed by atoms with Crippen LogP contribution in [0.4, 0.5) is 5.69 Å². The van der Waals surface area contributed by atoms with Crippen molar-refractivity contribution in [1.29, 1.82) is 0 Å². The molecule has 0 spiro atoms. The topological polar surface area (TPSA) is 151 Å². The predicted molar refractivity (Wildman–Crippen MR) is 73.4 cm³/mol. The molecular weight excluding hydrogens is 298 g/mol. The third-order valence-electron chi connectivity index (χ3n) is 2.54. The van der Waals surface area contributed by atoms with Gasteiger partial charge in [-0.3, -0.25) is 14.9 Å². The molecule has 10 heteroatoms. The number of nitrogens with zero attached hydrogens (tertiary/aromatic N) is 3. The van der Waals surface area contributed by atoms with Gasteiger partial charge in [0.1, 0.15) is 0 Å². The van der Waals surface area contributed by atoms with Crippen molar-refractivity contribution in [3.8, 4) is 0 Å². The summed E-state index contributed by atoms with van der Waals surface area (Å²) >= 11 is 1.14. The Balaban J connectivity index is 2.19. The van der Waals surface area contributed by atoms with Crippen LogP contribution in [0.25, 0.3) is 0 Å². The SMILES string of the molecule is NCc1nnc(SCc2ccc(C(N)=O)cc2[N+](=O)[O-])o1. The van der Waals surface area contributed by atoms with Crippen molar-refractivity contribution >= 4 is 23.4 Å². The number of aromatic nitrogens is 2. The molecule has 0 aliphatic heterocycles. The first-order valence-electron chi connectivity index (χ1n) is 5.73. The Morgan fingerprint density at radius 2 is 2.19 bits per heavy atom. The monoisotopic (exact) mass is 309 g/mol. The number of primary amides is 1. The molecule has 0 saturated carbocycles. The Kier molecular flexibility index (Phi) is 4.50. The lowest BCUT2D eigenvalue weighted by Gasteiger charge is -2.02. The summed E-state index contributed by atoms with van der Waals surface area (Å²) in [5.74, 6) is -0.195. The van der Waals surface area contributed by atoms with E-state index in [0.29, 0.717) is 5.56 Å². The number of thioether (sulfide) groups is 1. The highest BCUT2D eigenvalue weighted by Crippen LogP contribution is 2.28. The molecule has 1 heterocycles. The van der Waals surface area contributed by atoms with E-state index < -0.39 is 10.8 Å². The number of benzene rings is 1. The minimum Gasteiger partial charge on any atom is -0.415 e. The number of hydrogen-bond donors (Lipinski definition) is 2. The zero-order chi connectivity index (χ0) is 15.4. The molecule has 2 rings (SSSR count). The Morgan fingerprint density at radius 1 is 1.43 bits per heavy atom. The molecule has 1 amide bonds. The van der Waals surface area contributed by atoms with E-state index in [2.05, 4.69) is 10.2 Å². The Morgan fingerprint density at radius 3 is 2.76 bits per heavy atom.